The quantitative estimate of drug-likeness (QED) is 0.812. The molecule has 0 aliphatic carbocycles. The van der Waals surface area contributed by atoms with Crippen LogP contribution in [0.3, 0.4) is 0 Å². The molecular weight excluding hydrogens is 314 g/mol. The van der Waals surface area contributed by atoms with Gasteiger partial charge < -0.3 is 15.5 Å². The van der Waals surface area contributed by atoms with Gasteiger partial charge in [-0.2, -0.15) is 5.10 Å². The zero-order chi connectivity index (χ0) is 18.4. The van der Waals surface area contributed by atoms with Crippen molar-refractivity contribution in [1.29, 1.82) is 0 Å². The molecule has 1 atom stereocenters. The number of hydrogen-bond donors (Lipinski definition) is 2. The van der Waals surface area contributed by atoms with Crippen LogP contribution in [0.5, 0.6) is 0 Å². The minimum absolute atomic E-state index is 0.125. The van der Waals surface area contributed by atoms with Crippen LogP contribution in [0.1, 0.15) is 30.3 Å². The average Bonchev–Trinajstić information content (AvgIpc) is 2.83. The van der Waals surface area contributed by atoms with Crippen LogP contribution in [-0.2, 0) is 6.54 Å². The normalized spacial score (nSPS) is 12.2. The van der Waals surface area contributed by atoms with Crippen LogP contribution in [0.2, 0.25) is 0 Å². The van der Waals surface area contributed by atoms with Gasteiger partial charge in [0.25, 0.3) is 0 Å². The number of amides is 2. The number of carbonyl (C=O) groups excluding carboxylic acids is 1. The fourth-order valence-electron chi connectivity index (χ4n) is 2.67. The number of carbonyl (C=O) groups is 1. The van der Waals surface area contributed by atoms with Crippen LogP contribution >= 0.6 is 0 Å². The van der Waals surface area contributed by atoms with Crippen molar-refractivity contribution >= 4 is 11.7 Å². The van der Waals surface area contributed by atoms with Crippen molar-refractivity contribution in [2.45, 2.75) is 39.8 Å². The maximum Gasteiger partial charge on any atom is 0.319 e. The zero-order valence-electron chi connectivity index (χ0n) is 15.8. The molecule has 6 nitrogen and oxygen atoms in total. The minimum Gasteiger partial charge on any atom is -0.335 e. The summed E-state index contributed by atoms with van der Waals surface area (Å²) in [7, 11) is 4.06. The number of benzene rings is 1. The van der Waals surface area contributed by atoms with Gasteiger partial charge in [0, 0.05) is 17.4 Å². The summed E-state index contributed by atoms with van der Waals surface area (Å²) in [5, 5.41) is 10.4. The molecule has 0 aliphatic heterocycles. The van der Waals surface area contributed by atoms with Crippen LogP contribution in [0.4, 0.5) is 10.5 Å². The number of rotatable bonds is 7. The second kappa shape index (κ2) is 8.67. The summed E-state index contributed by atoms with van der Waals surface area (Å²) >= 11 is 0. The third-order valence-corrected chi connectivity index (χ3v) is 4.01. The van der Waals surface area contributed by atoms with E-state index in [9.17, 15) is 4.79 Å². The number of urea groups is 1. The summed E-state index contributed by atoms with van der Waals surface area (Å²) in [5.41, 5.74) is 4.03. The molecule has 136 valence electrons. The number of nitrogens with zero attached hydrogens (tertiary/aromatic N) is 3. The lowest BCUT2D eigenvalue weighted by molar-refractivity contribution is 0.247. The molecular formula is C19H29N5O. The molecule has 2 rings (SSSR count). The van der Waals surface area contributed by atoms with Gasteiger partial charge in [-0.05, 0) is 71.6 Å². The summed E-state index contributed by atoms with van der Waals surface area (Å²) in [6.45, 7) is 7.69. The lowest BCUT2D eigenvalue weighted by atomic mass is 10.2. The van der Waals surface area contributed by atoms with Crippen LogP contribution in [0, 0.1) is 13.8 Å². The van der Waals surface area contributed by atoms with Crippen LogP contribution in [-0.4, -0.2) is 47.4 Å². The number of anilines is 1. The first-order valence-electron chi connectivity index (χ1n) is 8.65. The van der Waals surface area contributed by atoms with E-state index in [1.807, 2.05) is 63.8 Å². The fourth-order valence-corrected chi connectivity index (χ4v) is 2.67. The fraction of sp³-hybridized carbons (Fsp3) is 0.474. The highest BCUT2D eigenvalue weighted by molar-refractivity contribution is 5.89. The first-order chi connectivity index (χ1) is 11.8. The predicted octanol–water partition coefficient (Wildman–Crippen LogP) is 3.01. The minimum atomic E-state index is -0.172. The van der Waals surface area contributed by atoms with E-state index in [0.717, 1.165) is 35.6 Å². The molecule has 2 N–H and O–H groups in total. The van der Waals surface area contributed by atoms with Gasteiger partial charge in [-0.3, -0.25) is 4.68 Å². The Morgan fingerprint density at radius 3 is 2.68 bits per heavy atom. The van der Waals surface area contributed by atoms with E-state index < -0.39 is 0 Å². The molecule has 0 bridgehead atoms. The van der Waals surface area contributed by atoms with Crippen molar-refractivity contribution in [3.05, 3.63) is 47.3 Å². The molecule has 2 aromatic rings. The van der Waals surface area contributed by atoms with E-state index in [1.54, 1.807) is 0 Å². The van der Waals surface area contributed by atoms with Gasteiger partial charge in [0.1, 0.15) is 0 Å². The second-order valence-electron chi connectivity index (χ2n) is 6.88. The van der Waals surface area contributed by atoms with Gasteiger partial charge in [-0.1, -0.05) is 12.1 Å². The maximum atomic E-state index is 12.1. The summed E-state index contributed by atoms with van der Waals surface area (Å²) in [6, 6.07) is 9.89. The van der Waals surface area contributed by atoms with Gasteiger partial charge in [-0.25, -0.2) is 4.79 Å². The Balaban J connectivity index is 1.92. The Hall–Kier alpha value is -2.34. The molecule has 1 heterocycles. The second-order valence-corrected chi connectivity index (χ2v) is 6.88. The predicted molar refractivity (Wildman–Crippen MR) is 102 cm³/mol. The first-order valence-corrected chi connectivity index (χ1v) is 8.65. The number of nitrogens with one attached hydrogen (secondary N) is 2. The third-order valence-electron chi connectivity index (χ3n) is 4.01. The van der Waals surface area contributed by atoms with E-state index in [0.29, 0.717) is 6.54 Å². The first kappa shape index (κ1) is 19.0. The molecule has 0 saturated carbocycles. The van der Waals surface area contributed by atoms with Gasteiger partial charge in [0.2, 0.25) is 0 Å². The maximum absolute atomic E-state index is 12.1. The van der Waals surface area contributed by atoms with Crippen LogP contribution < -0.4 is 10.6 Å². The SMILES string of the molecule is Cc1cc(C)n(Cc2cccc(NC(=O)NC(C)CCN(C)C)c2)n1. The standard InChI is InChI=1S/C19H29N5O/c1-14(9-10-23(4)5)20-19(25)21-18-8-6-7-17(12-18)13-24-16(3)11-15(2)22-24/h6-8,11-12,14H,9-10,13H2,1-5H3,(H2,20,21,25). The zero-order valence-corrected chi connectivity index (χ0v) is 15.8. The summed E-state index contributed by atoms with van der Waals surface area (Å²) in [5.74, 6) is 0. The smallest absolute Gasteiger partial charge is 0.319 e. The van der Waals surface area contributed by atoms with Crippen molar-refractivity contribution in [2.75, 3.05) is 26.0 Å². The van der Waals surface area contributed by atoms with E-state index in [2.05, 4.69) is 26.7 Å². The third kappa shape index (κ3) is 6.23. The summed E-state index contributed by atoms with van der Waals surface area (Å²) in [6.07, 6.45) is 0.915. The molecule has 0 fully saturated rings. The summed E-state index contributed by atoms with van der Waals surface area (Å²) < 4.78 is 1.97. The molecule has 1 unspecified atom stereocenters. The number of aryl methyl sites for hydroxylation is 2. The average molecular weight is 343 g/mol. The van der Waals surface area contributed by atoms with Gasteiger partial charge in [0.05, 0.1) is 12.2 Å². The van der Waals surface area contributed by atoms with Crippen molar-refractivity contribution in [1.82, 2.24) is 20.0 Å². The molecule has 2 amide bonds. The molecule has 6 heteroatoms. The van der Waals surface area contributed by atoms with E-state index in [4.69, 9.17) is 0 Å². The van der Waals surface area contributed by atoms with E-state index in [-0.39, 0.29) is 12.1 Å². The lowest BCUT2D eigenvalue weighted by Gasteiger charge is -2.17. The number of aromatic nitrogens is 2. The van der Waals surface area contributed by atoms with E-state index >= 15 is 0 Å². The molecule has 0 radical (unpaired) electrons. The Morgan fingerprint density at radius 1 is 1.28 bits per heavy atom. The number of hydrogen-bond acceptors (Lipinski definition) is 3. The van der Waals surface area contributed by atoms with Crippen molar-refractivity contribution in [3.63, 3.8) is 0 Å². The highest BCUT2D eigenvalue weighted by Gasteiger charge is 2.08. The molecule has 25 heavy (non-hydrogen) atoms. The lowest BCUT2D eigenvalue weighted by Crippen LogP contribution is -2.37. The molecule has 0 aliphatic rings. The highest BCUT2D eigenvalue weighted by Crippen LogP contribution is 2.13. The summed E-state index contributed by atoms with van der Waals surface area (Å²) in [4.78, 5) is 14.3. The molecule has 0 saturated heterocycles. The van der Waals surface area contributed by atoms with Gasteiger partial charge in [0.15, 0.2) is 0 Å². The monoisotopic (exact) mass is 343 g/mol. The highest BCUT2D eigenvalue weighted by atomic mass is 16.2. The molecule has 1 aromatic carbocycles. The molecule has 0 spiro atoms. The Kier molecular flexibility index (Phi) is 6.58. The Labute approximate surface area is 150 Å². The van der Waals surface area contributed by atoms with Crippen molar-refractivity contribution in [3.8, 4) is 0 Å². The van der Waals surface area contributed by atoms with E-state index in [1.165, 1.54) is 0 Å². The Morgan fingerprint density at radius 2 is 2.04 bits per heavy atom. The van der Waals surface area contributed by atoms with Crippen molar-refractivity contribution < 1.29 is 4.79 Å². The van der Waals surface area contributed by atoms with Crippen molar-refractivity contribution in [2.24, 2.45) is 0 Å². The Bertz CT molecular complexity index is 708. The van der Waals surface area contributed by atoms with Gasteiger partial charge >= 0.3 is 6.03 Å². The topological polar surface area (TPSA) is 62.2 Å². The van der Waals surface area contributed by atoms with Crippen LogP contribution in [0.25, 0.3) is 0 Å². The largest absolute Gasteiger partial charge is 0.335 e. The van der Waals surface area contributed by atoms with Gasteiger partial charge in [-0.15, -0.1) is 0 Å². The molecule has 1 aromatic heterocycles. The van der Waals surface area contributed by atoms with Crippen LogP contribution in [0.15, 0.2) is 30.3 Å².